The minimum absolute atomic E-state index is 0.278. The molecule has 1 fully saturated rings. The molecule has 1 saturated heterocycles. The predicted octanol–water partition coefficient (Wildman–Crippen LogP) is 3.12. The van der Waals surface area contributed by atoms with E-state index < -0.39 is 15.6 Å². The summed E-state index contributed by atoms with van der Waals surface area (Å²) in [7, 11) is -3.81. The molecule has 2 heterocycles. The van der Waals surface area contributed by atoms with Crippen LogP contribution in [0.3, 0.4) is 0 Å². The Morgan fingerprint density at radius 1 is 1.05 bits per heavy atom. The smallest absolute Gasteiger partial charge is 0.356 e. The van der Waals surface area contributed by atoms with Gasteiger partial charge in [-0.15, -0.1) is 0 Å². The summed E-state index contributed by atoms with van der Waals surface area (Å²) in [4.78, 5) is 11.8. The van der Waals surface area contributed by atoms with Gasteiger partial charge in [-0.05, 0) is 37.1 Å². The summed E-state index contributed by atoms with van der Waals surface area (Å²) in [6.07, 6.45) is 3.68. The lowest BCUT2D eigenvalue weighted by Crippen LogP contribution is -2.34. The number of halogens is 1. The van der Waals surface area contributed by atoms with Crippen molar-refractivity contribution in [1.82, 2.24) is 4.31 Å². The molecule has 5 nitrogen and oxygen atoms in total. The Bertz CT molecular complexity index is 851. The lowest BCUT2D eigenvalue weighted by Gasteiger charge is -2.19. The molecular weight excluding hydrogens is 370 g/mol. The van der Waals surface area contributed by atoms with Gasteiger partial charge >= 0.3 is 5.63 Å². The first kappa shape index (κ1) is 15.7. The van der Waals surface area contributed by atoms with Crippen molar-refractivity contribution in [3.8, 4) is 0 Å². The molecule has 7 heteroatoms. The Morgan fingerprint density at radius 3 is 2.41 bits per heavy atom. The monoisotopic (exact) mass is 385 g/mol. The summed E-state index contributed by atoms with van der Waals surface area (Å²) >= 11 is 3.33. The van der Waals surface area contributed by atoms with Crippen LogP contribution in [0.15, 0.2) is 42.8 Å². The van der Waals surface area contributed by atoms with Crippen molar-refractivity contribution >= 4 is 36.9 Å². The Morgan fingerprint density at radius 2 is 1.73 bits per heavy atom. The van der Waals surface area contributed by atoms with Gasteiger partial charge in [-0.25, -0.2) is 13.2 Å². The quantitative estimate of drug-likeness (QED) is 0.744. The summed E-state index contributed by atoms with van der Waals surface area (Å²) in [5, 5.41) is 0.586. The zero-order valence-corrected chi connectivity index (χ0v) is 14.3. The zero-order valence-electron chi connectivity index (χ0n) is 11.9. The second-order valence-electron chi connectivity index (χ2n) is 5.40. The van der Waals surface area contributed by atoms with Crippen molar-refractivity contribution in [2.75, 3.05) is 13.1 Å². The Labute approximate surface area is 137 Å². The zero-order chi connectivity index (χ0) is 15.7. The molecule has 1 aliphatic rings. The molecule has 0 spiro atoms. The molecule has 1 aromatic carbocycles. The first-order chi connectivity index (χ1) is 10.5. The van der Waals surface area contributed by atoms with Gasteiger partial charge in [-0.3, -0.25) is 0 Å². The molecule has 0 saturated carbocycles. The number of rotatable bonds is 2. The maximum atomic E-state index is 12.7. The molecule has 0 amide bonds. The molecule has 2 aromatic rings. The molecule has 0 atom stereocenters. The first-order valence-corrected chi connectivity index (χ1v) is 9.45. The Hall–Kier alpha value is -1.18. The Balaban J connectivity index is 2.11. The maximum Gasteiger partial charge on any atom is 0.356 e. The highest BCUT2D eigenvalue weighted by atomic mass is 79.9. The number of hydrogen-bond acceptors (Lipinski definition) is 4. The molecule has 1 aromatic heterocycles. The highest BCUT2D eigenvalue weighted by Gasteiger charge is 2.28. The van der Waals surface area contributed by atoms with Gasteiger partial charge in [0.05, 0.1) is 0 Å². The van der Waals surface area contributed by atoms with Crippen LogP contribution in [0, 0.1) is 0 Å². The number of benzene rings is 1. The van der Waals surface area contributed by atoms with E-state index in [4.69, 9.17) is 4.42 Å². The van der Waals surface area contributed by atoms with Crippen molar-refractivity contribution in [3.63, 3.8) is 0 Å². The topological polar surface area (TPSA) is 67.6 Å². The van der Waals surface area contributed by atoms with Gasteiger partial charge in [-0.1, -0.05) is 28.8 Å². The van der Waals surface area contributed by atoms with E-state index in [0.717, 1.165) is 30.2 Å². The number of fused-ring (bicyclic) bond motifs is 1. The van der Waals surface area contributed by atoms with E-state index in [1.807, 2.05) is 0 Å². The summed E-state index contributed by atoms with van der Waals surface area (Å²) in [6, 6.07) is 6.53. The van der Waals surface area contributed by atoms with Crippen molar-refractivity contribution in [2.45, 2.75) is 30.6 Å². The fourth-order valence-corrected chi connectivity index (χ4v) is 4.60. The van der Waals surface area contributed by atoms with E-state index >= 15 is 0 Å². The van der Waals surface area contributed by atoms with Gasteiger partial charge in [0.15, 0.2) is 4.90 Å². The van der Waals surface area contributed by atoms with E-state index in [1.165, 1.54) is 10.4 Å². The Kier molecular flexibility index (Phi) is 4.38. The summed E-state index contributed by atoms with van der Waals surface area (Å²) in [5.74, 6) is 0. The van der Waals surface area contributed by atoms with Gasteiger partial charge < -0.3 is 4.42 Å². The van der Waals surface area contributed by atoms with Crippen LogP contribution in [-0.2, 0) is 10.0 Å². The van der Waals surface area contributed by atoms with Crippen LogP contribution >= 0.6 is 15.9 Å². The fourth-order valence-electron chi connectivity index (χ4n) is 2.68. The van der Waals surface area contributed by atoms with E-state index in [9.17, 15) is 13.2 Å². The van der Waals surface area contributed by atoms with E-state index in [2.05, 4.69) is 15.9 Å². The lowest BCUT2D eigenvalue weighted by atomic mass is 10.2. The van der Waals surface area contributed by atoms with Crippen LogP contribution in [0.5, 0.6) is 0 Å². The maximum absolute atomic E-state index is 12.7. The first-order valence-electron chi connectivity index (χ1n) is 7.22. The van der Waals surface area contributed by atoms with Gasteiger partial charge in [-0.2, -0.15) is 4.31 Å². The number of sulfonamides is 1. The van der Waals surface area contributed by atoms with Crippen LogP contribution in [0.1, 0.15) is 25.7 Å². The standard InChI is InChI=1S/C15H16BrNO4S/c16-12-5-6-13-11(9-12)10-14(15(18)21-13)22(19,20)17-7-3-1-2-4-8-17/h5-6,9-10H,1-4,7-8H2. The molecule has 118 valence electrons. The van der Waals surface area contributed by atoms with Gasteiger partial charge in [0.2, 0.25) is 10.0 Å². The van der Waals surface area contributed by atoms with Crippen molar-refractivity contribution in [1.29, 1.82) is 0 Å². The third-order valence-electron chi connectivity index (χ3n) is 3.85. The molecule has 3 rings (SSSR count). The summed E-state index contributed by atoms with van der Waals surface area (Å²) in [6.45, 7) is 0.913. The molecule has 0 unspecified atom stereocenters. The van der Waals surface area contributed by atoms with Crippen molar-refractivity contribution in [3.05, 3.63) is 39.2 Å². The van der Waals surface area contributed by atoms with Crippen LogP contribution < -0.4 is 5.63 Å². The summed E-state index contributed by atoms with van der Waals surface area (Å²) in [5.41, 5.74) is -0.429. The van der Waals surface area contributed by atoms with Crippen LogP contribution in [-0.4, -0.2) is 25.8 Å². The second kappa shape index (κ2) is 6.14. The molecule has 0 aliphatic carbocycles. The highest BCUT2D eigenvalue weighted by Crippen LogP contribution is 2.23. The highest BCUT2D eigenvalue weighted by molar-refractivity contribution is 9.10. The van der Waals surface area contributed by atoms with Gasteiger partial charge in [0, 0.05) is 22.9 Å². The lowest BCUT2D eigenvalue weighted by molar-refractivity contribution is 0.419. The molecule has 0 N–H and O–H groups in total. The molecule has 0 bridgehead atoms. The number of hydrogen-bond donors (Lipinski definition) is 0. The average molecular weight is 386 g/mol. The van der Waals surface area contributed by atoms with E-state index in [1.54, 1.807) is 18.2 Å². The van der Waals surface area contributed by atoms with Crippen LogP contribution in [0.25, 0.3) is 11.0 Å². The average Bonchev–Trinajstić information content (AvgIpc) is 2.76. The van der Waals surface area contributed by atoms with E-state index in [0.29, 0.717) is 24.1 Å². The van der Waals surface area contributed by atoms with Crippen molar-refractivity contribution < 1.29 is 12.8 Å². The SMILES string of the molecule is O=c1oc2ccc(Br)cc2cc1S(=O)(=O)N1CCCCCC1. The van der Waals surface area contributed by atoms with E-state index in [-0.39, 0.29) is 4.90 Å². The minimum Gasteiger partial charge on any atom is -0.422 e. The molecule has 0 radical (unpaired) electrons. The number of nitrogens with zero attached hydrogens (tertiary/aromatic N) is 1. The molecular formula is C15H16BrNO4S. The van der Waals surface area contributed by atoms with Crippen molar-refractivity contribution in [2.24, 2.45) is 0 Å². The van der Waals surface area contributed by atoms with Gasteiger partial charge in [0.25, 0.3) is 0 Å². The molecule has 22 heavy (non-hydrogen) atoms. The predicted molar refractivity (Wildman–Crippen MR) is 87.4 cm³/mol. The largest absolute Gasteiger partial charge is 0.422 e. The fraction of sp³-hybridized carbons (Fsp3) is 0.400. The molecule has 1 aliphatic heterocycles. The third-order valence-corrected chi connectivity index (χ3v) is 6.22. The minimum atomic E-state index is -3.81. The summed E-state index contributed by atoms with van der Waals surface area (Å²) < 4.78 is 32.9. The van der Waals surface area contributed by atoms with Crippen LogP contribution in [0.2, 0.25) is 0 Å². The third kappa shape index (κ3) is 2.98. The van der Waals surface area contributed by atoms with Gasteiger partial charge in [0.1, 0.15) is 5.58 Å². The second-order valence-corrected chi connectivity index (χ2v) is 8.22. The van der Waals surface area contributed by atoms with Crippen LogP contribution in [0.4, 0.5) is 0 Å². The normalized spacial score (nSPS) is 17.5.